The van der Waals surface area contributed by atoms with E-state index < -0.39 is 26.9 Å². The molecule has 2 amide bonds. The van der Waals surface area contributed by atoms with Crippen LogP contribution in [0.1, 0.15) is 67.4 Å². The lowest BCUT2D eigenvalue weighted by Gasteiger charge is -2.20. The summed E-state index contributed by atoms with van der Waals surface area (Å²) in [4.78, 5) is 29.0. The molecule has 1 aromatic carbocycles. The molecule has 2 unspecified atom stereocenters. The second-order valence-electron chi connectivity index (χ2n) is 7.43. The number of hydrogen-bond acceptors (Lipinski definition) is 6. The number of benzene rings is 1. The first kappa shape index (κ1) is 28.5. The summed E-state index contributed by atoms with van der Waals surface area (Å²) in [6, 6.07) is 6.50. The molecule has 0 heterocycles. The van der Waals surface area contributed by atoms with Crippen LogP contribution in [0.2, 0.25) is 0 Å². The topological polar surface area (TPSA) is 142 Å². The van der Waals surface area contributed by atoms with E-state index in [4.69, 9.17) is 21.9 Å². The molecule has 0 aliphatic rings. The predicted molar refractivity (Wildman–Crippen MR) is 128 cm³/mol. The maximum absolute atomic E-state index is 12.4. The van der Waals surface area contributed by atoms with Crippen LogP contribution in [0.15, 0.2) is 29.4 Å². The van der Waals surface area contributed by atoms with Crippen LogP contribution in [0.3, 0.4) is 0 Å². The highest BCUT2D eigenvalue weighted by Crippen LogP contribution is 2.20. The van der Waals surface area contributed by atoms with Gasteiger partial charge in [-0.1, -0.05) is 41.7 Å². The van der Waals surface area contributed by atoms with E-state index in [-0.39, 0.29) is 12.3 Å². The van der Waals surface area contributed by atoms with Gasteiger partial charge in [0.05, 0.1) is 0 Å². The van der Waals surface area contributed by atoms with Gasteiger partial charge in [-0.3, -0.25) is 4.79 Å². The second-order valence-corrected chi connectivity index (χ2v) is 10.0. The molecule has 2 atom stereocenters. The van der Waals surface area contributed by atoms with Crippen molar-refractivity contribution in [2.24, 2.45) is 5.11 Å². The maximum Gasteiger partial charge on any atom is 0.409 e. The molecule has 1 rings (SSSR count). The standard InChI is InChI=1S/C21H32ClN5O5S/c1-4-27(5-2)20(28)17-13-11-16(12-14-17)19(22)25-21(29)32-18(33(3,30)31)10-8-6-7-9-15-24-26-23/h11-14,18-19H,4-10,15H2,1-3H3,(H,25,29). The van der Waals surface area contributed by atoms with Crippen molar-refractivity contribution < 1.29 is 22.7 Å². The molecule has 0 spiro atoms. The van der Waals surface area contributed by atoms with E-state index in [2.05, 4.69) is 15.3 Å². The van der Waals surface area contributed by atoms with Crippen LogP contribution < -0.4 is 5.32 Å². The number of amides is 2. The number of rotatable bonds is 14. The van der Waals surface area contributed by atoms with E-state index >= 15 is 0 Å². The number of halogens is 1. The summed E-state index contributed by atoms with van der Waals surface area (Å²) in [5.74, 6) is -0.0983. The largest absolute Gasteiger partial charge is 0.430 e. The Balaban J connectivity index is 2.62. The fourth-order valence-corrected chi connectivity index (χ4v) is 4.17. The van der Waals surface area contributed by atoms with E-state index in [1.54, 1.807) is 29.2 Å². The molecule has 0 saturated heterocycles. The minimum atomic E-state index is -3.63. The Morgan fingerprint density at radius 1 is 1.15 bits per heavy atom. The molecule has 0 aliphatic heterocycles. The molecule has 0 radical (unpaired) electrons. The molecule has 0 fully saturated rings. The zero-order valence-electron chi connectivity index (χ0n) is 19.2. The zero-order chi connectivity index (χ0) is 24.9. The van der Waals surface area contributed by atoms with Crippen molar-refractivity contribution >= 4 is 33.4 Å². The van der Waals surface area contributed by atoms with Gasteiger partial charge in [-0.05, 0) is 56.3 Å². The first-order valence-corrected chi connectivity index (χ1v) is 13.2. The number of carbonyl (C=O) groups excluding carboxylic acids is 2. The van der Waals surface area contributed by atoms with Gasteiger partial charge >= 0.3 is 6.09 Å². The number of alkyl carbamates (subject to hydrolysis) is 1. The number of azide groups is 1. The Morgan fingerprint density at radius 2 is 1.76 bits per heavy atom. The number of alkyl halides is 1. The molecule has 184 valence electrons. The Hall–Kier alpha value is -2.49. The van der Waals surface area contributed by atoms with E-state index in [9.17, 15) is 18.0 Å². The third kappa shape index (κ3) is 10.3. The molecule has 33 heavy (non-hydrogen) atoms. The minimum absolute atomic E-state index is 0.0983. The molecule has 0 bridgehead atoms. The molecular weight excluding hydrogens is 470 g/mol. The minimum Gasteiger partial charge on any atom is -0.430 e. The van der Waals surface area contributed by atoms with Crippen molar-refractivity contribution in [3.05, 3.63) is 45.8 Å². The van der Waals surface area contributed by atoms with Crippen molar-refractivity contribution in [3.8, 4) is 0 Å². The molecule has 10 nitrogen and oxygen atoms in total. The third-order valence-electron chi connectivity index (χ3n) is 4.97. The smallest absolute Gasteiger partial charge is 0.409 e. The summed E-state index contributed by atoms with van der Waals surface area (Å²) in [7, 11) is -3.63. The van der Waals surface area contributed by atoms with E-state index in [1.807, 2.05) is 13.8 Å². The van der Waals surface area contributed by atoms with Gasteiger partial charge in [-0.15, -0.1) is 0 Å². The third-order valence-corrected chi connectivity index (χ3v) is 6.62. The Morgan fingerprint density at radius 3 is 2.30 bits per heavy atom. The average molecular weight is 502 g/mol. The number of unbranched alkanes of at least 4 members (excludes halogenated alkanes) is 3. The summed E-state index contributed by atoms with van der Waals surface area (Å²) in [5.41, 5.74) is 7.02. The van der Waals surface area contributed by atoms with Crippen molar-refractivity contribution in [1.29, 1.82) is 0 Å². The monoisotopic (exact) mass is 501 g/mol. The van der Waals surface area contributed by atoms with Gasteiger partial charge in [0, 0.05) is 36.4 Å². The van der Waals surface area contributed by atoms with E-state index in [0.717, 1.165) is 12.7 Å². The summed E-state index contributed by atoms with van der Waals surface area (Å²) in [5, 5.41) is 5.86. The zero-order valence-corrected chi connectivity index (χ0v) is 20.8. The average Bonchev–Trinajstić information content (AvgIpc) is 2.77. The Kier molecular flexibility index (Phi) is 12.6. The lowest BCUT2D eigenvalue weighted by atomic mass is 10.1. The lowest BCUT2D eigenvalue weighted by Crippen LogP contribution is -2.34. The maximum atomic E-state index is 12.4. The van der Waals surface area contributed by atoms with Gasteiger partial charge in [0.2, 0.25) is 5.44 Å². The van der Waals surface area contributed by atoms with Crippen molar-refractivity contribution in [2.75, 3.05) is 25.9 Å². The van der Waals surface area contributed by atoms with Crippen molar-refractivity contribution in [3.63, 3.8) is 0 Å². The van der Waals surface area contributed by atoms with Crippen LogP contribution >= 0.6 is 11.6 Å². The van der Waals surface area contributed by atoms with Gasteiger partial charge < -0.3 is 15.0 Å². The van der Waals surface area contributed by atoms with Gasteiger partial charge in [-0.2, -0.15) is 0 Å². The Labute approximate surface area is 200 Å². The number of sulfone groups is 1. The summed E-state index contributed by atoms with van der Waals surface area (Å²) in [6.07, 6.45) is 2.96. The molecule has 0 saturated carbocycles. The number of ether oxygens (including phenoxy) is 1. The summed E-state index contributed by atoms with van der Waals surface area (Å²) in [6.45, 7) is 5.39. The van der Waals surface area contributed by atoms with E-state index in [1.165, 1.54) is 0 Å². The van der Waals surface area contributed by atoms with Crippen molar-refractivity contribution in [1.82, 2.24) is 10.2 Å². The van der Waals surface area contributed by atoms with Gasteiger partial charge in [-0.25, -0.2) is 13.2 Å². The van der Waals surface area contributed by atoms with Crippen LogP contribution in [-0.4, -0.2) is 56.6 Å². The Bertz CT molecular complexity index is 915. The van der Waals surface area contributed by atoms with Gasteiger partial charge in [0.15, 0.2) is 9.84 Å². The van der Waals surface area contributed by atoms with Gasteiger partial charge in [0.1, 0.15) is 5.50 Å². The highest BCUT2D eigenvalue weighted by Gasteiger charge is 2.26. The highest BCUT2D eigenvalue weighted by molar-refractivity contribution is 7.91. The predicted octanol–water partition coefficient (Wildman–Crippen LogP) is 4.76. The summed E-state index contributed by atoms with van der Waals surface area (Å²) < 4.78 is 29.1. The van der Waals surface area contributed by atoms with Crippen LogP contribution in [0, 0.1) is 0 Å². The van der Waals surface area contributed by atoms with Crippen LogP contribution in [0.5, 0.6) is 0 Å². The van der Waals surface area contributed by atoms with Crippen LogP contribution in [0.25, 0.3) is 10.4 Å². The lowest BCUT2D eigenvalue weighted by molar-refractivity contribution is 0.0773. The number of nitrogens with zero attached hydrogens (tertiary/aromatic N) is 4. The fourth-order valence-electron chi connectivity index (χ4n) is 3.08. The number of nitrogens with one attached hydrogen (secondary N) is 1. The first-order valence-electron chi connectivity index (χ1n) is 10.8. The fraction of sp³-hybridized carbons (Fsp3) is 0.619. The number of carbonyl (C=O) groups is 2. The SMILES string of the molecule is CCN(CC)C(=O)c1ccc(C(Cl)NC(=O)OC(CCCCCCN=[N+]=[N-])S(C)(=O)=O)cc1. The van der Waals surface area contributed by atoms with Crippen LogP contribution in [0.4, 0.5) is 4.79 Å². The summed E-state index contributed by atoms with van der Waals surface area (Å²) >= 11 is 6.24. The molecule has 0 aromatic heterocycles. The van der Waals surface area contributed by atoms with E-state index in [0.29, 0.717) is 50.0 Å². The first-order chi connectivity index (χ1) is 15.6. The molecule has 12 heteroatoms. The molecular formula is C21H32ClN5O5S. The molecule has 0 aliphatic carbocycles. The van der Waals surface area contributed by atoms with Gasteiger partial charge in [0.25, 0.3) is 5.91 Å². The molecule has 1 N–H and O–H groups in total. The second kappa shape index (κ2) is 14.6. The number of hydrogen-bond donors (Lipinski definition) is 1. The normalized spacial score (nSPS) is 12.8. The quantitative estimate of drug-likeness (QED) is 0.0975. The van der Waals surface area contributed by atoms with Crippen LogP contribution in [-0.2, 0) is 14.6 Å². The highest BCUT2D eigenvalue weighted by atomic mass is 35.5. The van der Waals surface area contributed by atoms with Crippen molar-refractivity contribution in [2.45, 2.75) is 56.9 Å². The molecule has 1 aromatic rings.